The number of aromatic nitrogens is 2. The number of amides is 2. The molecule has 0 unspecified atom stereocenters. The fourth-order valence-corrected chi connectivity index (χ4v) is 5.89. The molecular formula is C18H23ClN4O4S2. The Morgan fingerprint density at radius 2 is 1.76 bits per heavy atom. The summed E-state index contributed by atoms with van der Waals surface area (Å²) in [4.78, 5) is 26.2. The molecule has 0 aromatic carbocycles. The summed E-state index contributed by atoms with van der Waals surface area (Å²) in [6.07, 6.45) is 1.65. The van der Waals surface area contributed by atoms with Crippen LogP contribution in [0.4, 0.5) is 0 Å². The first-order valence-corrected chi connectivity index (χ1v) is 12.1. The van der Waals surface area contributed by atoms with Crippen LogP contribution in [0.1, 0.15) is 53.0 Å². The van der Waals surface area contributed by atoms with Crippen molar-refractivity contribution in [3.05, 3.63) is 32.7 Å². The van der Waals surface area contributed by atoms with Crippen molar-refractivity contribution in [2.45, 2.75) is 37.5 Å². The maximum atomic E-state index is 13.1. The molecule has 158 valence electrons. The van der Waals surface area contributed by atoms with Gasteiger partial charge in [0.1, 0.15) is 10.6 Å². The van der Waals surface area contributed by atoms with Crippen LogP contribution in [0.2, 0.25) is 5.02 Å². The molecule has 0 atom stereocenters. The zero-order valence-electron chi connectivity index (χ0n) is 16.9. The van der Waals surface area contributed by atoms with Gasteiger partial charge in [-0.15, -0.1) is 11.3 Å². The first-order valence-electron chi connectivity index (χ1n) is 8.97. The second-order valence-corrected chi connectivity index (χ2v) is 11.3. The Morgan fingerprint density at radius 3 is 2.24 bits per heavy atom. The SMILES string of the molecule is Cn1nc(C(C)(C)C)cc1C(=O)N1CCCN1C(=O)c1scc(S(C)(=O)=O)c1Cl. The first-order chi connectivity index (χ1) is 13.3. The average molecular weight is 459 g/mol. The van der Waals surface area contributed by atoms with Crippen LogP contribution in [0.15, 0.2) is 16.3 Å². The number of thiophene rings is 1. The minimum Gasteiger partial charge on any atom is -0.266 e. The van der Waals surface area contributed by atoms with Crippen molar-refractivity contribution in [2.75, 3.05) is 19.3 Å². The van der Waals surface area contributed by atoms with E-state index in [0.29, 0.717) is 25.2 Å². The molecule has 2 amide bonds. The molecule has 0 N–H and O–H groups in total. The molecule has 1 aliphatic heterocycles. The van der Waals surface area contributed by atoms with Crippen LogP contribution in [0.25, 0.3) is 0 Å². The lowest BCUT2D eigenvalue weighted by Crippen LogP contribution is -2.45. The third-order valence-corrected chi connectivity index (χ3v) is 7.52. The molecule has 0 saturated carbocycles. The third-order valence-electron chi connectivity index (χ3n) is 4.66. The molecule has 0 bridgehead atoms. The molecule has 1 saturated heterocycles. The minimum atomic E-state index is -3.54. The molecule has 29 heavy (non-hydrogen) atoms. The highest BCUT2D eigenvalue weighted by Gasteiger charge is 2.36. The number of carbonyl (C=O) groups excluding carboxylic acids is 2. The van der Waals surface area contributed by atoms with Gasteiger partial charge in [-0.3, -0.25) is 14.3 Å². The largest absolute Gasteiger partial charge is 0.290 e. The molecule has 2 aromatic heterocycles. The number of nitrogens with zero attached hydrogens (tertiary/aromatic N) is 4. The zero-order chi connectivity index (χ0) is 21.7. The second-order valence-electron chi connectivity index (χ2n) is 8.01. The van der Waals surface area contributed by atoms with E-state index in [1.165, 1.54) is 20.1 Å². The first kappa shape index (κ1) is 21.8. The molecule has 0 spiro atoms. The molecule has 0 aliphatic carbocycles. The number of rotatable bonds is 3. The minimum absolute atomic E-state index is 0.0777. The van der Waals surface area contributed by atoms with E-state index in [0.717, 1.165) is 23.3 Å². The van der Waals surface area contributed by atoms with Gasteiger partial charge in [-0.1, -0.05) is 32.4 Å². The number of aryl methyl sites for hydroxylation is 1. The normalized spacial score (nSPS) is 15.2. The predicted molar refractivity (Wildman–Crippen MR) is 111 cm³/mol. The van der Waals surface area contributed by atoms with Gasteiger partial charge in [0.25, 0.3) is 11.8 Å². The maximum absolute atomic E-state index is 13.1. The van der Waals surface area contributed by atoms with E-state index in [2.05, 4.69) is 5.10 Å². The van der Waals surface area contributed by atoms with Crippen LogP contribution in [-0.4, -0.2) is 59.4 Å². The topological polar surface area (TPSA) is 92.6 Å². The van der Waals surface area contributed by atoms with Crippen LogP contribution >= 0.6 is 22.9 Å². The molecule has 1 aliphatic rings. The fraction of sp³-hybridized carbons (Fsp3) is 0.500. The third kappa shape index (κ3) is 4.06. The smallest absolute Gasteiger partial charge is 0.266 e. The van der Waals surface area contributed by atoms with Crippen molar-refractivity contribution in [2.24, 2.45) is 7.05 Å². The summed E-state index contributed by atoms with van der Waals surface area (Å²) in [5.41, 5.74) is 0.937. The summed E-state index contributed by atoms with van der Waals surface area (Å²) in [5, 5.41) is 8.38. The van der Waals surface area contributed by atoms with Crippen molar-refractivity contribution in [3.63, 3.8) is 0 Å². The molecule has 3 heterocycles. The highest BCUT2D eigenvalue weighted by molar-refractivity contribution is 7.91. The Labute approximate surface area is 178 Å². The standard InChI is InChI=1S/C18H23ClN4O4S2/c1-18(2,3)13-9-11(21(4)20-13)16(24)22-7-6-8-23(22)17(25)15-14(19)12(10-28-15)29(5,26)27/h9-10H,6-8H2,1-5H3. The van der Waals surface area contributed by atoms with Crippen LogP contribution in [0, 0.1) is 0 Å². The molecule has 8 nitrogen and oxygen atoms in total. The lowest BCUT2D eigenvalue weighted by molar-refractivity contribution is 0.0182. The zero-order valence-corrected chi connectivity index (χ0v) is 19.3. The van der Waals surface area contributed by atoms with Gasteiger partial charge in [0.05, 0.1) is 15.6 Å². The summed E-state index contributed by atoms with van der Waals surface area (Å²) in [5.74, 6) is -0.823. The summed E-state index contributed by atoms with van der Waals surface area (Å²) >= 11 is 7.13. The van der Waals surface area contributed by atoms with Crippen LogP contribution in [0.3, 0.4) is 0 Å². The number of hydrogen-bond donors (Lipinski definition) is 0. The van der Waals surface area contributed by atoms with E-state index < -0.39 is 15.7 Å². The van der Waals surface area contributed by atoms with Crippen LogP contribution in [0.5, 0.6) is 0 Å². The van der Waals surface area contributed by atoms with E-state index in [-0.39, 0.29) is 26.1 Å². The van der Waals surface area contributed by atoms with E-state index in [4.69, 9.17) is 11.6 Å². The van der Waals surface area contributed by atoms with E-state index in [9.17, 15) is 18.0 Å². The summed E-state index contributed by atoms with van der Waals surface area (Å²) < 4.78 is 25.1. The van der Waals surface area contributed by atoms with E-state index in [1.807, 2.05) is 20.8 Å². The van der Waals surface area contributed by atoms with E-state index >= 15 is 0 Å². The van der Waals surface area contributed by atoms with Crippen molar-refractivity contribution >= 4 is 44.6 Å². The average Bonchev–Trinajstić information content (AvgIpc) is 3.29. The Balaban J connectivity index is 1.91. The van der Waals surface area contributed by atoms with Gasteiger partial charge in [-0.05, 0) is 12.5 Å². The van der Waals surface area contributed by atoms with Gasteiger partial charge >= 0.3 is 0 Å². The molecule has 0 radical (unpaired) electrons. The Morgan fingerprint density at radius 1 is 1.17 bits per heavy atom. The van der Waals surface area contributed by atoms with E-state index in [1.54, 1.807) is 13.1 Å². The molecule has 11 heteroatoms. The Bertz CT molecular complexity index is 1080. The monoisotopic (exact) mass is 458 g/mol. The molecular weight excluding hydrogens is 436 g/mol. The van der Waals surface area contributed by atoms with Crippen molar-refractivity contribution in [1.82, 2.24) is 19.8 Å². The van der Waals surface area contributed by atoms with Crippen molar-refractivity contribution in [3.8, 4) is 0 Å². The van der Waals surface area contributed by atoms with Gasteiger partial charge in [0, 0.05) is 37.2 Å². The van der Waals surface area contributed by atoms with Crippen LogP contribution < -0.4 is 0 Å². The number of carbonyl (C=O) groups is 2. The highest BCUT2D eigenvalue weighted by Crippen LogP contribution is 2.33. The predicted octanol–water partition coefficient (Wildman–Crippen LogP) is 2.74. The maximum Gasteiger partial charge on any atom is 0.290 e. The molecule has 2 aromatic rings. The van der Waals surface area contributed by atoms with Crippen molar-refractivity contribution in [1.29, 1.82) is 0 Å². The fourth-order valence-electron chi connectivity index (χ4n) is 3.04. The molecule has 1 fully saturated rings. The second kappa shape index (κ2) is 7.41. The highest BCUT2D eigenvalue weighted by atomic mass is 35.5. The summed E-state index contributed by atoms with van der Waals surface area (Å²) in [6.45, 7) is 6.74. The quantitative estimate of drug-likeness (QED) is 0.705. The van der Waals surface area contributed by atoms with Gasteiger partial charge in [-0.25, -0.2) is 18.4 Å². The lowest BCUT2D eigenvalue weighted by Gasteiger charge is -2.27. The van der Waals surface area contributed by atoms with Gasteiger partial charge in [0.2, 0.25) is 0 Å². The van der Waals surface area contributed by atoms with Crippen molar-refractivity contribution < 1.29 is 18.0 Å². The molecule has 3 rings (SSSR count). The number of hydrogen-bond acceptors (Lipinski definition) is 6. The van der Waals surface area contributed by atoms with Gasteiger partial charge < -0.3 is 0 Å². The Kier molecular flexibility index (Phi) is 5.57. The number of hydrazine groups is 1. The lowest BCUT2D eigenvalue weighted by atomic mass is 9.92. The summed E-state index contributed by atoms with van der Waals surface area (Å²) in [6, 6.07) is 1.74. The number of halogens is 1. The van der Waals surface area contributed by atoms with Gasteiger partial charge in [-0.2, -0.15) is 5.10 Å². The summed E-state index contributed by atoms with van der Waals surface area (Å²) in [7, 11) is -1.85. The van der Waals surface area contributed by atoms with Gasteiger partial charge in [0.15, 0.2) is 9.84 Å². The number of sulfone groups is 1. The Hall–Kier alpha value is -1.91. The van der Waals surface area contributed by atoms with Crippen LogP contribution in [-0.2, 0) is 22.3 Å².